The Morgan fingerprint density at radius 2 is 1.88 bits per heavy atom. The molecule has 0 spiro atoms. The number of rotatable bonds is 7. The standard InChI is InChI=1S/C28H32N4O2/c1-20(33)25-19-31(28-22(18-29-2)8-5-9-24(25)28)14-6-13-30-15-11-23(12-16-30)32-26-10-4-3-7-21(26)17-27(32)34/h3-5,7-10,18-19,23H,6,11-17H2,1-2H3. The number of Topliss-reactive ketones (excluding diaryl/α,β-unsaturated/α-hetero) is 1. The summed E-state index contributed by atoms with van der Waals surface area (Å²) >= 11 is 0. The first-order valence-electron chi connectivity index (χ1n) is 12.2. The Kier molecular flexibility index (Phi) is 6.33. The molecule has 0 bridgehead atoms. The van der Waals surface area contributed by atoms with Gasteiger partial charge in [0.15, 0.2) is 5.78 Å². The first-order chi connectivity index (χ1) is 16.6. The lowest BCUT2D eigenvalue weighted by Gasteiger charge is -2.37. The van der Waals surface area contributed by atoms with Crippen LogP contribution >= 0.6 is 0 Å². The Morgan fingerprint density at radius 3 is 2.65 bits per heavy atom. The number of carbonyl (C=O) groups excluding carboxylic acids is 2. The van der Waals surface area contributed by atoms with E-state index >= 15 is 0 Å². The number of anilines is 1. The van der Waals surface area contributed by atoms with E-state index in [1.807, 2.05) is 36.7 Å². The largest absolute Gasteiger partial charge is 0.346 e. The maximum absolute atomic E-state index is 12.6. The zero-order valence-corrected chi connectivity index (χ0v) is 20.0. The van der Waals surface area contributed by atoms with E-state index in [0.717, 1.165) is 78.7 Å². The fourth-order valence-electron chi connectivity index (χ4n) is 5.63. The minimum absolute atomic E-state index is 0.0921. The highest BCUT2D eigenvalue weighted by Gasteiger charge is 2.34. The zero-order chi connectivity index (χ0) is 23.7. The fraction of sp³-hybridized carbons (Fsp3) is 0.393. The number of likely N-dealkylation sites (tertiary alicyclic amines) is 1. The summed E-state index contributed by atoms with van der Waals surface area (Å²) in [6.07, 6.45) is 7.44. The van der Waals surface area contributed by atoms with Gasteiger partial charge in [0.2, 0.25) is 5.91 Å². The number of para-hydroxylation sites is 2. The highest BCUT2D eigenvalue weighted by molar-refractivity contribution is 6.10. The van der Waals surface area contributed by atoms with E-state index in [4.69, 9.17) is 0 Å². The fourth-order valence-corrected chi connectivity index (χ4v) is 5.63. The number of aryl methyl sites for hydroxylation is 1. The van der Waals surface area contributed by atoms with Gasteiger partial charge in [0, 0.05) is 67.3 Å². The molecule has 0 atom stereocenters. The molecule has 0 unspecified atom stereocenters. The number of aliphatic imine (C=N–C) groups is 1. The molecule has 0 N–H and O–H groups in total. The van der Waals surface area contributed by atoms with Gasteiger partial charge >= 0.3 is 0 Å². The van der Waals surface area contributed by atoms with Crippen LogP contribution in [-0.4, -0.2) is 60.1 Å². The SMILES string of the molecule is CN=Cc1cccc2c(C(C)=O)cn(CCCN3CCC(N4C(=O)Cc5ccccc54)CC3)c12. The first kappa shape index (κ1) is 22.5. The van der Waals surface area contributed by atoms with E-state index in [1.54, 1.807) is 14.0 Å². The molecular weight excluding hydrogens is 424 g/mol. The van der Waals surface area contributed by atoms with Crippen LogP contribution in [0.3, 0.4) is 0 Å². The van der Waals surface area contributed by atoms with Crippen molar-refractivity contribution in [3.8, 4) is 0 Å². The number of fused-ring (bicyclic) bond motifs is 2. The van der Waals surface area contributed by atoms with Crippen molar-refractivity contribution in [2.45, 2.75) is 45.2 Å². The highest BCUT2D eigenvalue weighted by atomic mass is 16.2. The van der Waals surface area contributed by atoms with Gasteiger partial charge in [-0.05, 0) is 44.4 Å². The summed E-state index contributed by atoms with van der Waals surface area (Å²) < 4.78 is 2.22. The summed E-state index contributed by atoms with van der Waals surface area (Å²) in [6, 6.07) is 14.6. The smallest absolute Gasteiger partial charge is 0.231 e. The van der Waals surface area contributed by atoms with Gasteiger partial charge in [-0.3, -0.25) is 14.6 Å². The second-order valence-electron chi connectivity index (χ2n) is 9.42. The van der Waals surface area contributed by atoms with E-state index in [0.29, 0.717) is 12.5 Å². The first-order valence-corrected chi connectivity index (χ1v) is 12.2. The number of piperidine rings is 1. The highest BCUT2D eigenvalue weighted by Crippen LogP contribution is 2.33. The normalized spacial score (nSPS) is 17.2. The van der Waals surface area contributed by atoms with Crippen molar-refractivity contribution in [3.05, 3.63) is 65.4 Å². The number of amides is 1. The Morgan fingerprint density at radius 1 is 1.09 bits per heavy atom. The molecule has 2 aliphatic heterocycles. The van der Waals surface area contributed by atoms with Crippen LogP contribution in [0.1, 0.15) is 47.7 Å². The lowest BCUT2D eigenvalue weighted by Crippen LogP contribution is -2.46. The van der Waals surface area contributed by atoms with Gasteiger partial charge in [0.1, 0.15) is 0 Å². The topological polar surface area (TPSA) is 57.9 Å². The maximum atomic E-state index is 12.6. The Hall–Kier alpha value is -3.25. The summed E-state index contributed by atoms with van der Waals surface area (Å²) in [5.74, 6) is 0.335. The molecule has 1 saturated heterocycles. The molecule has 5 rings (SSSR count). The lowest BCUT2D eigenvalue weighted by molar-refractivity contribution is -0.118. The summed E-state index contributed by atoms with van der Waals surface area (Å²) in [5.41, 5.74) is 5.18. The average molecular weight is 457 g/mol. The molecule has 0 aliphatic carbocycles. The van der Waals surface area contributed by atoms with E-state index in [2.05, 4.69) is 37.6 Å². The van der Waals surface area contributed by atoms with Gasteiger partial charge in [0.05, 0.1) is 11.9 Å². The molecule has 3 heterocycles. The quantitative estimate of drug-likeness (QED) is 0.393. The Labute approximate surface area is 200 Å². The van der Waals surface area contributed by atoms with Gasteiger partial charge in [0.25, 0.3) is 0 Å². The lowest BCUT2D eigenvalue weighted by atomic mass is 10.0. The van der Waals surface area contributed by atoms with Crippen LogP contribution in [0.15, 0.2) is 53.7 Å². The number of ketones is 1. The third kappa shape index (κ3) is 4.18. The van der Waals surface area contributed by atoms with Crippen molar-refractivity contribution in [3.63, 3.8) is 0 Å². The third-order valence-corrected chi connectivity index (χ3v) is 7.23. The number of hydrogen-bond acceptors (Lipinski definition) is 4. The molecule has 6 nitrogen and oxygen atoms in total. The maximum Gasteiger partial charge on any atom is 0.231 e. The number of nitrogens with zero attached hydrogens (tertiary/aromatic N) is 4. The number of carbonyl (C=O) groups is 2. The van der Waals surface area contributed by atoms with Crippen LogP contribution in [0.25, 0.3) is 10.9 Å². The molecule has 1 fully saturated rings. The monoisotopic (exact) mass is 456 g/mol. The van der Waals surface area contributed by atoms with Crippen molar-refractivity contribution < 1.29 is 9.59 Å². The average Bonchev–Trinajstić information content (AvgIpc) is 3.38. The predicted octanol–water partition coefficient (Wildman–Crippen LogP) is 4.34. The van der Waals surface area contributed by atoms with E-state index < -0.39 is 0 Å². The molecule has 2 aliphatic rings. The van der Waals surface area contributed by atoms with Crippen molar-refractivity contribution in [1.29, 1.82) is 0 Å². The minimum atomic E-state index is 0.0921. The molecule has 0 saturated carbocycles. The van der Waals surface area contributed by atoms with Crippen LogP contribution < -0.4 is 4.90 Å². The summed E-state index contributed by atoms with van der Waals surface area (Å²) in [4.78, 5) is 33.6. The second kappa shape index (κ2) is 9.55. The molecular formula is C28H32N4O2. The van der Waals surface area contributed by atoms with Crippen LogP contribution in [0, 0.1) is 0 Å². The molecule has 34 heavy (non-hydrogen) atoms. The van der Waals surface area contributed by atoms with Crippen LogP contribution in [-0.2, 0) is 17.8 Å². The van der Waals surface area contributed by atoms with Crippen LogP contribution in [0.5, 0.6) is 0 Å². The summed E-state index contributed by atoms with van der Waals surface area (Å²) in [5, 5.41) is 1.00. The van der Waals surface area contributed by atoms with Gasteiger partial charge in [-0.15, -0.1) is 0 Å². The molecule has 2 aromatic carbocycles. The molecule has 1 amide bonds. The summed E-state index contributed by atoms with van der Waals surface area (Å²) in [6.45, 7) is 5.52. The van der Waals surface area contributed by atoms with Crippen molar-refractivity contribution in [2.75, 3.05) is 31.6 Å². The van der Waals surface area contributed by atoms with Crippen molar-refractivity contribution >= 4 is 34.5 Å². The van der Waals surface area contributed by atoms with Crippen LogP contribution in [0.4, 0.5) is 5.69 Å². The van der Waals surface area contributed by atoms with Crippen molar-refractivity contribution in [1.82, 2.24) is 9.47 Å². The molecule has 3 aromatic rings. The van der Waals surface area contributed by atoms with Gasteiger partial charge < -0.3 is 14.4 Å². The zero-order valence-electron chi connectivity index (χ0n) is 20.0. The Balaban J connectivity index is 1.22. The molecule has 6 heteroatoms. The van der Waals surface area contributed by atoms with E-state index in [1.165, 1.54) is 0 Å². The number of hydrogen-bond donors (Lipinski definition) is 0. The van der Waals surface area contributed by atoms with Crippen LogP contribution in [0.2, 0.25) is 0 Å². The summed E-state index contributed by atoms with van der Waals surface area (Å²) in [7, 11) is 1.77. The number of benzene rings is 2. The molecule has 0 radical (unpaired) electrons. The predicted molar refractivity (Wildman–Crippen MR) is 137 cm³/mol. The van der Waals surface area contributed by atoms with Gasteiger partial charge in [-0.2, -0.15) is 0 Å². The van der Waals surface area contributed by atoms with Crippen molar-refractivity contribution in [2.24, 2.45) is 4.99 Å². The minimum Gasteiger partial charge on any atom is -0.346 e. The Bertz CT molecular complexity index is 1250. The second-order valence-corrected chi connectivity index (χ2v) is 9.42. The number of aromatic nitrogens is 1. The molecule has 1 aromatic heterocycles. The van der Waals surface area contributed by atoms with E-state index in [-0.39, 0.29) is 11.7 Å². The molecule has 176 valence electrons. The van der Waals surface area contributed by atoms with Gasteiger partial charge in [-0.25, -0.2) is 0 Å². The van der Waals surface area contributed by atoms with Gasteiger partial charge in [-0.1, -0.05) is 36.4 Å². The van der Waals surface area contributed by atoms with E-state index in [9.17, 15) is 9.59 Å². The third-order valence-electron chi connectivity index (χ3n) is 7.23.